The molecule has 1 aromatic heterocycles. The van der Waals surface area contributed by atoms with E-state index in [9.17, 15) is 4.79 Å². The summed E-state index contributed by atoms with van der Waals surface area (Å²) in [5, 5.41) is 4.03. The summed E-state index contributed by atoms with van der Waals surface area (Å²) in [6.45, 7) is 0. The van der Waals surface area contributed by atoms with Crippen LogP contribution in [0, 0.1) is 0 Å². The van der Waals surface area contributed by atoms with E-state index in [-0.39, 0.29) is 11.9 Å². The number of carbonyl (C=O) groups excluding carboxylic acids is 1. The second-order valence-corrected chi connectivity index (χ2v) is 5.75. The molecule has 0 aliphatic carbocycles. The van der Waals surface area contributed by atoms with Gasteiger partial charge in [0.15, 0.2) is 0 Å². The van der Waals surface area contributed by atoms with Gasteiger partial charge in [-0.1, -0.05) is 46.3 Å². The summed E-state index contributed by atoms with van der Waals surface area (Å²) in [6.07, 6.45) is 6.08. The Hall–Kier alpha value is -1.62. The highest BCUT2D eigenvalue weighted by atomic mass is 79.9. The largest absolute Gasteiger partial charge is 0.342 e. The first-order valence-electron chi connectivity index (χ1n) is 7.10. The number of nitrogens with zero attached hydrogens (tertiary/aromatic N) is 2. The van der Waals surface area contributed by atoms with Gasteiger partial charge < -0.3 is 9.88 Å². The van der Waals surface area contributed by atoms with Gasteiger partial charge in [0.1, 0.15) is 11.9 Å². The molecule has 1 atom stereocenters. The number of alkyl halides is 1. The standard InChI is InChI=1S/C16H20BrN3O/c1-20-12-11-18-16(20)15(13-7-3-2-4-8-13)19-14(21)9-5-6-10-17/h2-4,7-8,11-12,15H,5-6,9-10H2,1H3,(H,19,21). The van der Waals surface area contributed by atoms with Gasteiger partial charge in [-0.3, -0.25) is 4.79 Å². The Balaban J connectivity index is 2.14. The van der Waals surface area contributed by atoms with Crippen molar-refractivity contribution in [3.8, 4) is 0 Å². The quantitative estimate of drug-likeness (QED) is 0.616. The van der Waals surface area contributed by atoms with Crippen LogP contribution in [-0.2, 0) is 11.8 Å². The van der Waals surface area contributed by atoms with Crippen molar-refractivity contribution in [2.24, 2.45) is 7.05 Å². The van der Waals surface area contributed by atoms with E-state index in [1.54, 1.807) is 6.20 Å². The molecule has 1 aromatic carbocycles. The normalized spacial score (nSPS) is 12.1. The molecule has 0 fully saturated rings. The smallest absolute Gasteiger partial charge is 0.220 e. The Labute approximate surface area is 133 Å². The number of halogens is 1. The molecule has 21 heavy (non-hydrogen) atoms. The molecule has 112 valence electrons. The minimum atomic E-state index is -0.206. The van der Waals surface area contributed by atoms with Gasteiger partial charge in [-0.05, 0) is 18.4 Å². The van der Waals surface area contributed by atoms with Crippen molar-refractivity contribution in [3.05, 3.63) is 54.1 Å². The van der Waals surface area contributed by atoms with Crippen LogP contribution in [0.1, 0.15) is 36.7 Å². The summed E-state index contributed by atoms with van der Waals surface area (Å²) in [4.78, 5) is 16.5. The summed E-state index contributed by atoms with van der Waals surface area (Å²) in [7, 11) is 1.94. The number of hydrogen-bond donors (Lipinski definition) is 1. The third-order valence-corrected chi connectivity index (χ3v) is 3.90. The topological polar surface area (TPSA) is 46.9 Å². The zero-order valence-corrected chi connectivity index (χ0v) is 13.7. The van der Waals surface area contributed by atoms with Gasteiger partial charge in [0.2, 0.25) is 5.91 Å². The third kappa shape index (κ3) is 4.43. The predicted octanol–water partition coefficient (Wildman–Crippen LogP) is 3.19. The van der Waals surface area contributed by atoms with Gasteiger partial charge in [-0.2, -0.15) is 0 Å². The van der Waals surface area contributed by atoms with Crippen molar-refractivity contribution in [1.82, 2.24) is 14.9 Å². The van der Waals surface area contributed by atoms with Crippen molar-refractivity contribution >= 4 is 21.8 Å². The third-order valence-electron chi connectivity index (χ3n) is 3.34. The first-order valence-corrected chi connectivity index (χ1v) is 8.22. The molecule has 1 amide bonds. The molecule has 1 N–H and O–H groups in total. The molecule has 0 spiro atoms. The van der Waals surface area contributed by atoms with E-state index in [1.807, 2.05) is 48.1 Å². The van der Waals surface area contributed by atoms with Gasteiger partial charge in [-0.15, -0.1) is 0 Å². The number of aryl methyl sites for hydroxylation is 1. The summed E-state index contributed by atoms with van der Waals surface area (Å²) < 4.78 is 1.94. The van der Waals surface area contributed by atoms with Crippen LogP contribution in [0.15, 0.2) is 42.7 Å². The lowest BCUT2D eigenvalue weighted by Gasteiger charge is -2.19. The fraction of sp³-hybridized carbons (Fsp3) is 0.375. The SMILES string of the molecule is Cn1ccnc1C(NC(=O)CCCCBr)c1ccccc1. The number of nitrogens with one attached hydrogen (secondary N) is 1. The summed E-state index contributed by atoms with van der Waals surface area (Å²) in [5.74, 6) is 0.905. The molecule has 0 radical (unpaired) electrons. The highest BCUT2D eigenvalue weighted by Gasteiger charge is 2.20. The molecule has 0 bridgehead atoms. The average molecular weight is 350 g/mol. The highest BCUT2D eigenvalue weighted by molar-refractivity contribution is 9.09. The van der Waals surface area contributed by atoms with Crippen molar-refractivity contribution < 1.29 is 4.79 Å². The minimum Gasteiger partial charge on any atom is -0.342 e. The van der Waals surface area contributed by atoms with Crippen molar-refractivity contribution in [3.63, 3.8) is 0 Å². The molecule has 2 rings (SSSR count). The number of imidazole rings is 1. The Morgan fingerprint density at radius 2 is 2.10 bits per heavy atom. The molecule has 2 aromatic rings. The number of carbonyl (C=O) groups is 1. The van der Waals surface area contributed by atoms with E-state index < -0.39 is 0 Å². The summed E-state index contributed by atoms with van der Waals surface area (Å²) >= 11 is 3.38. The zero-order chi connectivity index (χ0) is 15.1. The van der Waals surface area contributed by atoms with E-state index in [0.29, 0.717) is 6.42 Å². The lowest BCUT2D eigenvalue weighted by molar-refractivity contribution is -0.121. The van der Waals surface area contributed by atoms with Crippen molar-refractivity contribution in [2.75, 3.05) is 5.33 Å². The van der Waals surface area contributed by atoms with Crippen molar-refractivity contribution in [1.29, 1.82) is 0 Å². The number of benzene rings is 1. The van der Waals surface area contributed by atoms with Gasteiger partial charge >= 0.3 is 0 Å². The lowest BCUT2D eigenvalue weighted by Crippen LogP contribution is -2.30. The fourth-order valence-corrected chi connectivity index (χ4v) is 2.61. The molecule has 4 nitrogen and oxygen atoms in total. The second-order valence-electron chi connectivity index (χ2n) is 4.95. The van der Waals surface area contributed by atoms with Crippen LogP contribution in [0.2, 0.25) is 0 Å². The maximum Gasteiger partial charge on any atom is 0.220 e. The summed E-state index contributed by atoms with van der Waals surface area (Å²) in [5.41, 5.74) is 1.04. The lowest BCUT2D eigenvalue weighted by atomic mass is 10.1. The molecule has 0 saturated heterocycles. The molecule has 0 saturated carbocycles. The maximum atomic E-state index is 12.1. The molecule has 0 aliphatic rings. The molecular formula is C16H20BrN3O. The number of aromatic nitrogens is 2. The number of rotatable bonds is 7. The Morgan fingerprint density at radius 1 is 1.33 bits per heavy atom. The fourth-order valence-electron chi connectivity index (χ4n) is 2.21. The maximum absolute atomic E-state index is 12.1. The highest BCUT2D eigenvalue weighted by Crippen LogP contribution is 2.20. The Kier molecular flexibility index (Phi) is 5.99. The second kappa shape index (κ2) is 7.98. The molecule has 0 aliphatic heterocycles. The molecule has 5 heteroatoms. The van der Waals surface area contributed by atoms with Crippen LogP contribution in [0.4, 0.5) is 0 Å². The van der Waals surface area contributed by atoms with Crippen LogP contribution >= 0.6 is 15.9 Å². The van der Waals surface area contributed by atoms with Gasteiger partial charge in [-0.25, -0.2) is 4.98 Å². The van der Waals surface area contributed by atoms with E-state index in [1.165, 1.54) is 0 Å². The van der Waals surface area contributed by atoms with Gasteiger partial charge in [0, 0.05) is 31.2 Å². The monoisotopic (exact) mass is 349 g/mol. The van der Waals surface area contributed by atoms with E-state index in [2.05, 4.69) is 26.2 Å². The predicted molar refractivity (Wildman–Crippen MR) is 87.3 cm³/mol. The van der Waals surface area contributed by atoms with Crippen LogP contribution < -0.4 is 5.32 Å². The van der Waals surface area contributed by atoms with E-state index in [0.717, 1.165) is 29.6 Å². The first kappa shape index (κ1) is 15.8. The van der Waals surface area contributed by atoms with Crippen LogP contribution in [0.5, 0.6) is 0 Å². The summed E-state index contributed by atoms with van der Waals surface area (Å²) in [6, 6.07) is 9.74. The van der Waals surface area contributed by atoms with Gasteiger partial charge in [0.25, 0.3) is 0 Å². The Bertz CT molecular complexity index is 568. The van der Waals surface area contributed by atoms with Crippen LogP contribution in [0.25, 0.3) is 0 Å². The van der Waals surface area contributed by atoms with Crippen LogP contribution in [-0.4, -0.2) is 20.8 Å². The molecule has 1 heterocycles. The van der Waals surface area contributed by atoms with E-state index in [4.69, 9.17) is 0 Å². The number of hydrogen-bond acceptors (Lipinski definition) is 2. The molecular weight excluding hydrogens is 330 g/mol. The number of unbranched alkanes of at least 4 members (excludes halogenated alkanes) is 1. The number of amides is 1. The van der Waals surface area contributed by atoms with Crippen molar-refractivity contribution in [2.45, 2.75) is 25.3 Å². The van der Waals surface area contributed by atoms with E-state index >= 15 is 0 Å². The zero-order valence-electron chi connectivity index (χ0n) is 12.1. The average Bonchev–Trinajstić information content (AvgIpc) is 2.92. The minimum absolute atomic E-state index is 0.0628. The molecule has 1 unspecified atom stereocenters. The van der Waals surface area contributed by atoms with Gasteiger partial charge in [0.05, 0.1) is 0 Å². The first-order chi connectivity index (χ1) is 10.2. The Morgan fingerprint density at radius 3 is 2.71 bits per heavy atom. The van der Waals surface area contributed by atoms with Crippen LogP contribution in [0.3, 0.4) is 0 Å².